The Morgan fingerprint density at radius 1 is 1.14 bits per heavy atom. The van der Waals surface area contributed by atoms with Crippen LogP contribution in [0.2, 0.25) is 0 Å². The molecule has 0 aromatic carbocycles. The first-order chi connectivity index (χ1) is 9.91. The molecule has 6 heteroatoms. The molecule has 0 radical (unpaired) electrons. The van der Waals surface area contributed by atoms with Gasteiger partial charge in [0.25, 0.3) is 0 Å². The van der Waals surface area contributed by atoms with Crippen LogP contribution in [0.25, 0.3) is 11.3 Å². The summed E-state index contributed by atoms with van der Waals surface area (Å²) in [5.74, 6) is 1.36. The Morgan fingerprint density at radius 2 is 1.86 bits per heavy atom. The summed E-state index contributed by atoms with van der Waals surface area (Å²) < 4.78 is 5.10. The second-order valence-electron chi connectivity index (χ2n) is 5.62. The van der Waals surface area contributed by atoms with E-state index in [9.17, 15) is 0 Å². The standard InChI is InChI=1S/C15H18IN5/c1-8(2)13-10(4)21(19-14(13)16)12-6-7-20-11(5)17-18-15(20)9(12)3/h6-8H,1-5H3. The van der Waals surface area contributed by atoms with Gasteiger partial charge in [0.1, 0.15) is 9.53 Å². The highest BCUT2D eigenvalue weighted by molar-refractivity contribution is 14.1. The Balaban J connectivity index is 2.26. The summed E-state index contributed by atoms with van der Waals surface area (Å²) in [5.41, 5.74) is 5.55. The minimum Gasteiger partial charge on any atom is -0.286 e. The zero-order valence-electron chi connectivity index (χ0n) is 12.8. The number of hydrogen-bond acceptors (Lipinski definition) is 3. The van der Waals surface area contributed by atoms with E-state index < -0.39 is 0 Å². The maximum Gasteiger partial charge on any atom is 0.165 e. The molecule has 0 amide bonds. The van der Waals surface area contributed by atoms with Crippen molar-refractivity contribution >= 4 is 28.2 Å². The fraction of sp³-hybridized carbons (Fsp3) is 0.400. The molecule has 0 atom stereocenters. The molecular formula is C15H18IN5. The van der Waals surface area contributed by atoms with Crippen molar-refractivity contribution in [3.63, 3.8) is 0 Å². The third-order valence-electron chi connectivity index (χ3n) is 3.89. The third-order valence-corrected chi connectivity index (χ3v) is 4.69. The van der Waals surface area contributed by atoms with Crippen molar-refractivity contribution in [3.8, 4) is 5.69 Å². The summed E-state index contributed by atoms with van der Waals surface area (Å²) in [6.45, 7) is 10.6. The summed E-state index contributed by atoms with van der Waals surface area (Å²) in [7, 11) is 0. The molecule has 5 nitrogen and oxygen atoms in total. The van der Waals surface area contributed by atoms with Crippen molar-refractivity contribution < 1.29 is 0 Å². The van der Waals surface area contributed by atoms with E-state index in [1.807, 2.05) is 22.2 Å². The number of aryl methyl sites for hydroxylation is 2. The van der Waals surface area contributed by atoms with Crippen LogP contribution in [0.5, 0.6) is 0 Å². The molecule has 3 aromatic rings. The number of halogens is 1. The van der Waals surface area contributed by atoms with E-state index in [1.165, 1.54) is 11.3 Å². The first-order valence-electron chi connectivity index (χ1n) is 6.98. The predicted octanol–water partition coefficient (Wildman–Crippen LogP) is 3.57. The molecule has 21 heavy (non-hydrogen) atoms. The van der Waals surface area contributed by atoms with Gasteiger partial charge in [0, 0.05) is 23.0 Å². The van der Waals surface area contributed by atoms with E-state index in [0.29, 0.717) is 5.92 Å². The van der Waals surface area contributed by atoms with Crippen molar-refractivity contribution in [2.75, 3.05) is 0 Å². The monoisotopic (exact) mass is 395 g/mol. The topological polar surface area (TPSA) is 48.0 Å². The maximum absolute atomic E-state index is 4.72. The van der Waals surface area contributed by atoms with Crippen molar-refractivity contribution in [2.24, 2.45) is 0 Å². The van der Waals surface area contributed by atoms with E-state index in [-0.39, 0.29) is 0 Å². The largest absolute Gasteiger partial charge is 0.286 e. The van der Waals surface area contributed by atoms with Crippen molar-refractivity contribution in [2.45, 2.75) is 40.5 Å². The molecule has 0 aliphatic heterocycles. The van der Waals surface area contributed by atoms with Crippen LogP contribution in [0.4, 0.5) is 0 Å². The van der Waals surface area contributed by atoms with Gasteiger partial charge in [-0.2, -0.15) is 5.10 Å². The van der Waals surface area contributed by atoms with Crippen molar-refractivity contribution in [1.29, 1.82) is 0 Å². The molecule has 0 unspecified atom stereocenters. The highest BCUT2D eigenvalue weighted by Gasteiger charge is 2.18. The minimum atomic E-state index is 0.463. The smallest absolute Gasteiger partial charge is 0.165 e. The van der Waals surface area contributed by atoms with Crippen LogP contribution in [-0.2, 0) is 0 Å². The van der Waals surface area contributed by atoms with E-state index in [4.69, 9.17) is 5.10 Å². The first-order valence-corrected chi connectivity index (χ1v) is 8.06. The highest BCUT2D eigenvalue weighted by atomic mass is 127. The van der Waals surface area contributed by atoms with Gasteiger partial charge in [0.05, 0.1) is 5.69 Å². The number of rotatable bonds is 2. The molecule has 3 aromatic heterocycles. The summed E-state index contributed by atoms with van der Waals surface area (Å²) >= 11 is 2.32. The average molecular weight is 395 g/mol. The zero-order valence-corrected chi connectivity index (χ0v) is 15.0. The average Bonchev–Trinajstić information content (AvgIpc) is 2.92. The van der Waals surface area contributed by atoms with Gasteiger partial charge >= 0.3 is 0 Å². The summed E-state index contributed by atoms with van der Waals surface area (Å²) in [4.78, 5) is 0. The van der Waals surface area contributed by atoms with E-state index in [0.717, 1.165) is 26.4 Å². The normalized spacial score (nSPS) is 11.8. The van der Waals surface area contributed by atoms with Gasteiger partial charge in [-0.15, -0.1) is 10.2 Å². The lowest BCUT2D eigenvalue weighted by atomic mass is 10.1. The van der Waals surface area contributed by atoms with Crippen LogP contribution >= 0.6 is 22.6 Å². The fourth-order valence-corrected chi connectivity index (χ4v) is 4.02. The molecule has 0 N–H and O–H groups in total. The van der Waals surface area contributed by atoms with Gasteiger partial charge in [-0.05, 0) is 55.3 Å². The van der Waals surface area contributed by atoms with E-state index >= 15 is 0 Å². The molecule has 0 saturated heterocycles. The van der Waals surface area contributed by atoms with Crippen LogP contribution in [0.15, 0.2) is 12.3 Å². The third kappa shape index (κ3) is 2.16. The van der Waals surface area contributed by atoms with Crippen LogP contribution in [0.3, 0.4) is 0 Å². The van der Waals surface area contributed by atoms with E-state index in [2.05, 4.69) is 66.5 Å². The second-order valence-corrected chi connectivity index (χ2v) is 6.65. The van der Waals surface area contributed by atoms with Gasteiger partial charge in [0.15, 0.2) is 5.65 Å². The Bertz CT molecular complexity index is 828. The lowest BCUT2D eigenvalue weighted by Gasteiger charge is -2.10. The second kappa shape index (κ2) is 5.08. The summed E-state index contributed by atoms with van der Waals surface area (Å²) in [6, 6.07) is 2.08. The fourth-order valence-electron chi connectivity index (χ4n) is 2.79. The SMILES string of the molecule is Cc1c(-n2nc(I)c(C(C)C)c2C)ccn2c(C)nnc12. The molecule has 3 heterocycles. The van der Waals surface area contributed by atoms with Crippen molar-refractivity contribution in [1.82, 2.24) is 24.4 Å². The molecule has 0 spiro atoms. The first kappa shape index (κ1) is 14.5. The van der Waals surface area contributed by atoms with Crippen LogP contribution in [-0.4, -0.2) is 24.4 Å². The predicted molar refractivity (Wildman–Crippen MR) is 91.1 cm³/mol. The van der Waals surface area contributed by atoms with Crippen LogP contribution in [0, 0.1) is 24.5 Å². The molecule has 110 valence electrons. The Morgan fingerprint density at radius 3 is 2.48 bits per heavy atom. The lowest BCUT2D eigenvalue weighted by Crippen LogP contribution is -2.04. The molecule has 0 aliphatic carbocycles. The summed E-state index contributed by atoms with van der Waals surface area (Å²) in [5, 5.41) is 13.1. The molecule has 0 fully saturated rings. The molecule has 0 bridgehead atoms. The van der Waals surface area contributed by atoms with Gasteiger partial charge in [-0.3, -0.25) is 4.40 Å². The molecule has 0 aliphatic rings. The number of nitrogens with zero attached hydrogens (tertiary/aromatic N) is 5. The molecule has 0 saturated carbocycles. The minimum absolute atomic E-state index is 0.463. The Labute approximate surface area is 137 Å². The quantitative estimate of drug-likeness (QED) is 0.624. The summed E-state index contributed by atoms with van der Waals surface area (Å²) in [6.07, 6.45) is 2.01. The van der Waals surface area contributed by atoms with E-state index in [1.54, 1.807) is 0 Å². The van der Waals surface area contributed by atoms with Crippen molar-refractivity contribution in [3.05, 3.63) is 38.6 Å². The number of hydrogen-bond donors (Lipinski definition) is 0. The van der Waals surface area contributed by atoms with Gasteiger partial charge in [0.2, 0.25) is 0 Å². The number of fused-ring (bicyclic) bond motifs is 1. The van der Waals surface area contributed by atoms with Gasteiger partial charge < -0.3 is 0 Å². The van der Waals surface area contributed by atoms with Crippen LogP contribution < -0.4 is 0 Å². The molecule has 3 rings (SSSR count). The Hall–Kier alpha value is -1.44. The number of pyridine rings is 1. The zero-order chi connectivity index (χ0) is 15.3. The van der Waals surface area contributed by atoms with Gasteiger partial charge in [-0.1, -0.05) is 13.8 Å². The lowest BCUT2D eigenvalue weighted by molar-refractivity contribution is 0.816. The Kier molecular flexibility index (Phi) is 3.51. The van der Waals surface area contributed by atoms with Crippen LogP contribution in [0.1, 0.15) is 42.4 Å². The number of aromatic nitrogens is 5. The molecular weight excluding hydrogens is 377 g/mol. The maximum atomic E-state index is 4.72. The van der Waals surface area contributed by atoms with Gasteiger partial charge in [-0.25, -0.2) is 4.68 Å². The highest BCUT2D eigenvalue weighted by Crippen LogP contribution is 2.28.